The van der Waals surface area contributed by atoms with E-state index < -0.39 is 0 Å². The van der Waals surface area contributed by atoms with Crippen LogP contribution in [-0.2, 0) is 0 Å². The van der Waals surface area contributed by atoms with Crippen LogP contribution in [0.5, 0.6) is 0 Å². The van der Waals surface area contributed by atoms with Crippen LogP contribution in [0.4, 0.5) is 5.69 Å². The smallest absolute Gasteiger partial charge is 0.255 e. The van der Waals surface area contributed by atoms with Gasteiger partial charge in [0, 0.05) is 22.5 Å². The molecule has 0 spiro atoms. The Bertz CT molecular complexity index is 1130. The molecule has 2 heterocycles. The average molecular weight is 373 g/mol. The number of rotatable bonds is 4. The third kappa shape index (κ3) is 3.42. The largest absolute Gasteiger partial charge is 0.423 e. The van der Waals surface area contributed by atoms with E-state index in [0.717, 1.165) is 28.2 Å². The lowest BCUT2D eigenvalue weighted by Crippen LogP contribution is -2.13. The maximum Gasteiger partial charge on any atom is 0.255 e. The van der Waals surface area contributed by atoms with Crippen molar-refractivity contribution in [2.75, 3.05) is 5.32 Å². The number of aryl methyl sites for hydroxylation is 3. The van der Waals surface area contributed by atoms with Gasteiger partial charge >= 0.3 is 0 Å². The summed E-state index contributed by atoms with van der Waals surface area (Å²) in [6.45, 7) is 5.88. The first-order chi connectivity index (χ1) is 13.5. The molecule has 0 radical (unpaired) electrons. The molecule has 140 valence electrons. The number of hydrogen-bond donors (Lipinski definition) is 1. The van der Waals surface area contributed by atoms with Crippen LogP contribution in [-0.4, -0.2) is 25.9 Å². The number of nitrogens with one attached hydrogen (secondary N) is 1. The van der Waals surface area contributed by atoms with Crippen LogP contribution in [0.3, 0.4) is 0 Å². The fourth-order valence-corrected chi connectivity index (χ4v) is 3.03. The molecule has 2 aromatic heterocycles. The van der Waals surface area contributed by atoms with E-state index in [2.05, 4.69) is 20.6 Å². The predicted octanol–water partition coefficient (Wildman–Crippen LogP) is 4.10. The van der Waals surface area contributed by atoms with Gasteiger partial charge in [0.1, 0.15) is 0 Å². The van der Waals surface area contributed by atoms with Crippen molar-refractivity contribution in [3.63, 3.8) is 0 Å². The highest BCUT2D eigenvalue weighted by molar-refractivity contribution is 6.05. The zero-order chi connectivity index (χ0) is 19.7. The van der Waals surface area contributed by atoms with Gasteiger partial charge in [0.2, 0.25) is 12.3 Å². The molecule has 0 aliphatic heterocycles. The van der Waals surface area contributed by atoms with Gasteiger partial charge in [-0.3, -0.25) is 4.79 Å². The summed E-state index contributed by atoms with van der Waals surface area (Å²) in [5, 5.41) is 15.0. The van der Waals surface area contributed by atoms with Crippen molar-refractivity contribution in [2.24, 2.45) is 0 Å². The van der Waals surface area contributed by atoms with Gasteiger partial charge in [-0.25, -0.2) is 4.68 Å². The molecule has 28 heavy (non-hydrogen) atoms. The van der Waals surface area contributed by atoms with E-state index >= 15 is 0 Å². The van der Waals surface area contributed by atoms with Crippen LogP contribution in [0.15, 0.2) is 59.3 Å². The summed E-state index contributed by atoms with van der Waals surface area (Å²) in [4.78, 5) is 12.7. The Balaban J connectivity index is 1.56. The third-order valence-electron chi connectivity index (χ3n) is 4.48. The summed E-state index contributed by atoms with van der Waals surface area (Å²) >= 11 is 0. The third-order valence-corrected chi connectivity index (χ3v) is 4.48. The number of carbonyl (C=O) groups is 1. The van der Waals surface area contributed by atoms with Gasteiger partial charge in [0.05, 0.1) is 11.4 Å². The fraction of sp³-hybridized carbons (Fsp3) is 0.143. The fourth-order valence-electron chi connectivity index (χ4n) is 3.03. The molecule has 2 aromatic carbocycles. The van der Waals surface area contributed by atoms with Gasteiger partial charge in [-0.15, -0.1) is 10.2 Å². The number of anilines is 1. The summed E-state index contributed by atoms with van der Waals surface area (Å²) in [6.07, 6.45) is 1.28. The van der Waals surface area contributed by atoms with Crippen LogP contribution < -0.4 is 5.32 Å². The summed E-state index contributed by atoms with van der Waals surface area (Å²) in [7, 11) is 0. The normalized spacial score (nSPS) is 10.8. The molecular formula is C21H19N5O2. The molecule has 0 saturated heterocycles. The van der Waals surface area contributed by atoms with Crippen LogP contribution in [0.25, 0.3) is 17.1 Å². The van der Waals surface area contributed by atoms with Crippen molar-refractivity contribution < 1.29 is 9.21 Å². The Morgan fingerprint density at radius 3 is 2.46 bits per heavy atom. The lowest BCUT2D eigenvalue weighted by Gasteiger charge is -2.10. The first-order valence-corrected chi connectivity index (χ1v) is 8.83. The second kappa shape index (κ2) is 7.11. The molecule has 1 amide bonds. The first kappa shape index (κ1) is 17.7. The van der Waals surface area contributed by atoms with E-state index in [1.54, 1.807) is 12.1 Å². The molecule has 4 rings (SSSR count). The zero-order valence-electron chi connectivity index (χ0n) is 15.8. The lowest BCUT2D eigenvalue weighted by molar-refractivity contribution is 0.102. The molecule has 1 N–H and O–H groups in total. The maximum atomic E-state index is 12.7. The summed E-state index contributed by atoms with van der Waals surface area (Å²) in [5.74, 6) is 0.218. The second-order valence-electron chi connectivity index (χ2n) is 6.61. The molecule has 0 saturated carbocycles. The quantitative estimate of drug-likeness (QED) is 0.582. The number of amides is 1. The van der Waals surface area contributed by atoms with Gasteiger partial charge in [-0.05, 0) is 68.8 Å². The van der Waals surface area contributed by atoms with Gasteiger partial charge < -0.3 is 9.73 Å². The van der Waals surface area contributed by atoms with Crippen LogP contribution >= 0.6 is 0 Å². The number of hydrogen-bond acceptors (Lipinski definition) is 5. The Kier molecular flexibility index (Phi) is 4.49. The van der Waals surface area contributed by atoms with Gasteiger partial charge in [0.25, 0.3) is 5.91 Å². The minimum atomic E-state index is -0.189. The van der Waals surface area contributed by atoms with Crippen molar-refractivity contribution in [1.82, 2.24) is 20.0 Å². The zero-order valence-corrected chi connectivity index (χ0v) is 15.8. The molecule has 0 aliphatic carbocycles. The molecule has 0 aliphatic rings. The Labute approximate surface area is 162 Å². The summed E-state index contributed by atoms with van der Waals surface area (Å²) in [5.41, 5.74) is 5.86. The monoisotopic (exact) mass is 373 g/mol. The summed E-state index contributed by atoms with van der Waals surface area (Å²) < 4.78 is 7.08. The van der Waals surface area contributed by atoms with E-state index in [0.29, 0.717) is 17.1 Å². The molecule has 7 heteroatoms. The van der Waals surface area contributed by atoms with E-state index in [1.807, 2.05) is 61.9 Å². The van der Waals surface area contributed by atoms with Crippen molar-refractivity contribution in [1.29, 1.82) is 0 Å². The van der Waals surface area contributed by atoms with E-state index in [4.69, 9.17) is 4.42 Å². The topological polar surface area (TPSA) is 85.8 Å². The van der Waals surface area contributed by atoms with Crippen LogP contribution in [0.2, 0.25) is 0 Å². The van der Waals surface area contributed by atoms with Crippen LogP contribution in [0.1, 0.15) is 27.3 Å². The standard InChI is InChI=1S/C21H19N5O2/c1-13-4-5-17(21-24-22-12-28-21)11-19(13)23-20(27)16-6-8-18(9-7-16)26-15(3)10-14(2)25-26/h4-12H,1-3H3,(H,23,27). The van der Waals surface area contributed by atoms with E-state index in [9.17, 15) is 4.79 Å². The van der Waals surface area contributed by atoms with Crippen molar-refractivity contribution in [2.45, 2.75) is 20.8 Å². The minimum Gasteiger partial charge on any atom is -0.423 e. The number of carbonyl (C=O) groups excluding carboxylic acids is 1. The van der Waals surface area contributed by atoms with Crippen LogP contribution in [0, 0.1) is 20.8 Å². The van der Waals surface area contributed by atoms with Crippen molar-refractivity contribution >= 4 is 11.6 Å². The molecule has 7 nitrogen and oxygen atoms in total. The SMILES string of the molecule is Cc1cc(C)n(-c2ccc(C(=O)Nc3cc(-c4nnco4)ccc3C)cc2)n1. The number of nitrogens with zero attached hydrogens (tertiary/aromatic N) is 4. The molecule has 0 bridgehead atoms. The highest BCUT2D eigenvalue weighted by Gasteiger charge is 2.12. The Hall–Kier alpha value is -3.74. The minimum absolute atomic E-state index is 0.189. The maximum absolute atomic E-state index is 12.7. The van der Waals surface area contributed by atoms with Crippen molar-refractivity contribution in [3.05, 3.63) is 77.4 Å². The molecule has 4 aromatic rings. The highest BCUT2D eigenvalue weighted by Crippen LogP contribution is 2.24. The van der Waals surface area contributed by atoms with Gasteiger partial charge in [-0.1, -0.05) is 6.07 Å². The van der Waals surface area contributed by atoms with Gasteiger partial charge in [-0.2, -0.15) is 5.10 Å². The van der Waals surface area contributed by atoms with Crippen molar-refractivity contribution in [3.8, 4) is 17.1 Å². The Morgan fingerprint density at radius 2 is 1.82 bits per heavy atom. The molecular weight excluding hydrogens is 354 g/mol. The van der Waals surface area contributed by atoms with E-state index in [1.165, 1.54) is 6.39 Å². The summed E-state index contributed by atoms with van der Waals surface area (Å²) in [6, 6.07) is 15.0. The molecule has 0 fully saturated rings. The van der Waals surface area contributed by atoms with E-state index in [-0.39, 0.29) is 5.91 Å². The number of aromatic nitrogens is 4. The predicted molar refractivity (Wildman–Crippen MR) is 105 cm³/mol. The second-order valence-corrected chi connectivity index (χ2v) is 6.61. The average Bonchev–Trinajstić information content (AvgIpc) is 3.33. The highest BCUT2D eigenvalue weighted by atomic mass is 16.4. The molecule has 0 unspecified atom stereocenters. The lowest BCUT2D eigenvalue weighted by atomic mass is 10.1. The first-order valence-electron chi connectivity index (χ1n) is 8.83. The van der Waals surface area contributed by atoms with Gasteiger partial charge in [0.15, 0.2) is 0 Å². The number of benzene rings is 2. The Morgan fingerprint density at radius 1 is 1.04 bits per heavy atom. The molecule has 0 atom stereocenters.